The van der Waals surface area contributed by atoms with Crippen molar-refractivity contribution < 1.29 is 9.53 Å². The Kier molecular flexibility index (Phi) is 6.34. The molecule has 0 heterocycles. The van der Waals surface area contributed by atoms with Crippen LogP contribution in [0, 0.1) is 0 Å². The molecule has 0 unspecified atom stereocenters. The second kappa shape index (κ2) is 9.10. The Labute approximate surface area is 164 Å². The summed E-state index contributed by atoms with van der Waals surface area (Å²) in [6.45, 7) is 0.104. The Hall–Kier alpha value is -2.98. The number of anilines is 1. The first-order valence-electron chi connectivity index (χ1n) is 8.64. The molecule has 0 fully saturated rings. The van der Waals surface area contributed by atoms with E-state index < -0.39 is 0 Å². The molecule has 5 heteroatoms. The van der Waals surface area contributed by atoms with Gasteiger partial charge in [-0.2, -0.15) is 0 Å². The monoisotopic (exact) mass is 380 g/mol. The second-order valence-corrected chi connectivity index (χ2v) is 6.46. The van der Waals surface area contributed by atoms with Crippen LogP contribution in [0.1, 0.15) is 17.2 Å². The number of halogens is 1. The molecule has 1 amide bonds. The van der Waals surface area contributed by atoms with E-state index in [4.69, 9.17) is 16.3 Å². The quantitative estimate of drug-likeness (QED) is 0.626. The van der Waals surface area contributed by atoms with Crippen LogP contribution in [0.15, 0.2) is 78.9 Å². The third-order valence-electron chi connectivity index (χ3n) is 4.17. The molecule has 3 aromatic rings. The lowest BCUT2D eigenvalue weighted by Crippen LogP contribution is -2.34. The van der Waals surface area contributed by atoms with Crippen LogP contribution in [0.3, 0.4) is 0 Å². The molecule has 0 atom stereocenters. The summed E-state index contributed by atoms with van der Waals surface area (Å²) in [5.74, 6) is 0.504. The first-order chi connectivity index (χ1) is 13.2. The molecule has 0 aliphatic rings. The zero-order valence-corrected chi connectivity index (χ0v) is 15.7. The number of rotatable bonds is 7. The van der Waals surface area contributed by atoms with Crippen LogP contribution >= 0.6 is 11.6 Å². The normalized spacial score (nSPS) is 10.5. The number of hydrogen-bond donors (Lipinski definition) is 2. The van der Waals surface area contributed by atoms with E-state index in [-0.39, 0.29) is 18.5 Å². The lowest BCUT2D eigenvalue weighted by Gasteiger charge is -2.20. The van der Waals surface area contributed by atoms with E-state index in [0.717, 1.165) is 11.1 Å². The minimum atomic E-state index is -0.219. The van der Waals surface area contributed by atoms with Gasteiger partial charge < -0.3 is 15.4 Å². The average Bonchev–Trinajstić information content (AvgIpc) is 2.72. The molecule has 4 nitrogen and oxygen atoms in total. The van der Waals surface area contributed by atoms with Gasteiger partial charge in [0.15, 0.2) is 0 Å². The van der Waals surface area contributed by atoms with Gasteiger partial charge in [-0.25, -0.2) is 0 Å². The summed E-state index contributed by atoms with van der Waals surface area (Å²) in [6.07, 6.45) is 0. The fourth-order valence-corrected chi connectivity index (χ4v) is 3.03. The summed E-state index contributed by atoms with van der Waals surface area (Å²) in [5, 5.41) is 6.76. The van der Waals surface area contributed by atoms with Crippen LogP contribution < -0.4 is 15.4 Å². The number of carbonyl (C=O) groups is 1. The molecule has 3 aromatic carbocycles. The van der Waals surface area contributed by atoms with Crippen molar-refractivity contribution in [2.45, 2.75) is 6.04 Å². The molecule has 0 aromatic heterocycles. The van der Waals surface area contributed by atoms with E-state index in [1.54, 1.807) is 25.3 Å². The Morgan fingerprint density at radius 2 is 1.56 bits per heavy atom. The summed E-state index contributed by atoms with van der Waals surface area (Å²) in [4.78, 5) is 12.6. The van der Waals surface area contributed by atoms with Crippen molar-refractivity contribution in [3.63, 3.8) is 0 Å². The van der Waals surface area contributed by atoms with Crippen molar-refractivity contribution in [2.75, 3.05) is 19.0 Å². The molecule has 0 spiro atoms. The Bertz CT molecular complexity index is 846. The lowest BCUT2D eigenvalue weighted by atomic mass is 9.99. The van der Waals surface area contributed by atoms with Crippen molar-refractivity contribution >= 4 is 23.2 Å². The molecule has 0 bridgehead atoms. The number of methoxy groups -OCH3 is 1. The summed E-state index contributed by atoms with van der Waals surface area (Å²) in [7, 11) is 1.58. The SMILES string of the molecule is COc1ccc(Cl)cc1NCC(=O)NC(c1ccccc1)c1ccccc1. The molecule has 0 aliphatic heterocycles. The van der Waals surface area contributed by atoms with E-state index in [0.29, 0.717) is 16.5 Å². The van der Waals surface area contributed by atoms with Crippen molar-refractivity contribution in [3.05, 3.63) is 95.0 Å². The fourth-order valence-electron chi connectivity index (χ4n) is 2.86. The largest absolute Gasteiger partial charge is 0.495 e. The Morgan fingerprint density at radius 3 is 2.11 bits per heavy atom. The van der Waals surface area contributed by atoms with Crippen molar-refractivity contribution in [2.24, 2.45) is 0 Å². The number of carbonyl (C=O) groups excluding carboxylic acids is 1. The first-order valence-corrected chi connectivity index (χ1v) is 9.02. The highest BCUT2D eigenvalue weighted by molar-refractivity contribution is 6.30. The van der Waals surface area contributed by atoms with E-state index in [9.17, 15) is 4.79 Å². The predicted molar refractivity (Wildman–Crippen MR) is 109 cm³/mol. The fraction of sp³-hybridized carbons (Fsp3) is 0.136. The van der Waals surface area contributed by atoms with Gasteiger partial charge in [0.1, 0.15) is 5.75 Å². The topological polar surface area (TPSA) is 50.4 Å². The number of benzene rings is 3. The van der Waals surface area contributed by atoms with Crippen LogP contribution in [0.2, 0.25) is 5.02 Å². The van der Waals surface area contributed by atoms with Crippen molar-refractivity contribution in [1.29, 1.82) is 0 Å². The number of hydrogen-bond acceptors (Lipinski definition) is 3. The highest BCUT2D eigenvalue weighted by Crippen LogP contribution is 2.27. The minimum absolute atomic E-state index is 0.104. The van der Waals surface area contributed by atoms with E-state index in [1.807, 2.05) is 60.7 Å². The smallest absolute Gasteiger partial charge is 0.240 e. The zero-order valence-electron chi connectivity index (χ0n) is 15.0. The van der Waals surface area contributed by atoms with E-state index in [1.165, 1.54) is 0 Å². The van der Waals surface area contributed by atoms with Gasteiger partial charge in [0.2, 0.25) is 5.91 Å². The van der Waals surface area contributed by atoms with Gasteiger partial charge in [-0.05, 0) is 29.3 Å². The van der Waals surface area contributed by atoms with E-state index in [2.05, 4.69) is 10.6 Å². The minimum Gasteiger partial charge on any atom is -0.495 e. The number of ether oxygens (including phenoxy) is 1. The molecular formula is C22H21ClN2O2. The van der Waals surface area contributed by atoms with Crippen LogP contribution in [0.25, 0.3) is 0 Å². The molecule has 0 saturated heterocycles. The van der Waals surface area contributed by atoms with Crippen LogP contribution in [0.5, 0.6) is 5.75 Å². The number of nitrogens with one attached hydrogen (secondary N) is 2. The Morgan fingerprint density at radius 1 is 0.963 bits per heavy atom. The summed E-state index contributed by atoms with van der Waals surface area (Å²) in [6, 6.07) is 24.8. The van der Waals surface area contributed by atoms with Gasteiger partial charge >= 0.3 is 0 Å². The van der Waals surface area contributed by atoms with Gasteiger partial charge in [-0.1, -0.05) is 72.3 Å². The lowest BCUT2D eigenvalue weighted by molar-refractivity contribution is -0.119. The third-order valence-corrected chi connectivity index (χ3v) is 4.41. The summed E-state index contributed by atoms with van der Waals surface area (Å²) < 4.78 is 5.30. The first kappa shape index (κ1) is 18.8. The van der Waals surface area contributed by atoms with Gasteiger partial charge in [-0.3, -0.25) is 4.79 Å². The zero-order chi connectivity index (χ0) is 19.1. The van der Waals surface area contributed by atoms with Crippen molar-refractivity contribution in [3.8, 4) is 5.75 Å². The second-order valence-electron chi connectivity index (χ2n) is 6.02. The molecule has 2 N–H and O–H groups in total. The van der Waals surface area contributed by atoms with Gasteiger partial charge in [0.05, 0.1) is 25.4 Å². The van der Waals surface area contributed by atoms with Gasteiger partial charge in [0, 0.05) is 5.02 Å². The Balaban J connectivity index is 1.73. The molecular weight excluding hydrogens is 360 g/mol. The molecule has 138 valence electrons. The number of amides is 1. The van der Waals surface area contributed by atoms with Crippen LogP contribution in [-0.4, -0.2) is 19.6 Å². The molecule has 3 rings (SSSR count). The summed E-state index contributed by atoms with van der Waals surface area (Å²) >= 11 is 6.04. The van der Waals surface area contributed by atoms with Gasteiger partial charge in [0.25, 0.3) is 0 Å². The van der Waals surface area contributed by atoms with E-state index >= 15 is 0 Å². The highest BCUT2D eigenvalue weighted by Gasteiger charge is 2.16. The maximum atomic E-state index is 12.6. The third kappa shape index (κ3) is 5.02. The molecule has 27 heavy (non-hydrogen) atoms. The predicted octanol–water partition coefficient (Wildman–Crippen LogP) is 4.67. The molecule has 0 saturated carbocycles. The standard InChI is InChI=1S/C22H21ClN2O2/c1-27-20-13-12-18(23)14-19(20)24-15-21(26)25-22(16-8-4-2-5-9-16)17-10-6-3-7-11-17/h2-14,22,24H,15H2,1H3,(H,25,26). The van der Waals surface area contributed by atoms with Crippen molar-refractivity contribution in [1.82, 2.24) is 5.32 Å². The summed E-state index contributed by atoms with van der Waals surface area (Å²) in [5.41, 5.74) is 2.73. The van der Waals surface area contributed by atoms with Gasteiger partial charge in [-0.15, -0.1) is 0 Å². The maximum absolute atomic E-state index is 12.6. The molecule has 0 radical (unpaired) electrons. The maximum Gasteiger partial charge on any atom is 0.240 e. The van der Waals surface area contributed by atoms with Crippen LogP contribution in [-0.2, 0) is 4.79 Å². The average molecular weight is 381 g/mol. The highest BCUT2D eigenvalue weighted by atomic mass is 35.5. The molecule has 0 aliphatic carbocycles. The van der Waals surface area contributed by atoms with Crippen LogP contribution in [0.4, 0.5) is 5.69 Å².